The van der Waals surface area contributed by atoms with E-state index in [0.717, 1.165) is 19.5 Å². The van der Waals surface area contributed by atoms with Crippen LogP contribution in [0.25, 0.3) is 0 Å². The van der Waals surface area contributed by atoms with Crippen LogP contribution in [0.2, 0.25) is 0 Å². The SMILES string of the molecule is CC(C)C(CN)c1cncn1CCCn1ccnc1. The van der Waals surface area contributed by atoms with Gasteiger partial charge in [-0.3, -0.25) is 0 Å². The molecule has 0 aliphatic rings. The fraction of sp³-hybridized carbons (Fsp3) is 0.571. The molecule has 2 rings (SSSR count). The van der Waals surface area contributed by atoms with Gasteiger partial charge in [0.1, 0.15) is 0 Å². The highest BCUT2D eigenvalue weighted by atomic mass is 15.1. The van der Waals surface area contributed by atoms with E-state index in [-0.39, 0.29) is 0 Å². The predicted molar refractivity (Wildman–Crippen MR) is 75.7 cm³/mol. The van der Waals surface area contributed by atoms with Gasteiger partial charge in [0.15, 0.2) is 0 Å². The van der Waals surface area contributed by atoms with Gasteiger partial charge in [-0.2, -0.15) is 0 Å². The van der Waals surface area contributed by atoms with Crippen molar-refractivity contribution in [3.05, 3.63) is 36.9 Å². The standard InChI is InChI=1S/C14H23N5/c1-12(2)13(8-15)14-9-17-11-19(14)6-3-5-18-7-4-16-10-18/h4,7,9-13H,3,5-6,8,15H2,1-2H3. The Morgan fingerprint density at radius 2 is 2.05 bits per heavy atom. The first-order valence-electron chi connectivity index (χ1n) is 6.88. The van der Waals surface area contributed by atoms with E-state index in [1.54, 1.807) is 0 Å². The van der Waals surface area contributed by atoms with Gasteiger partial charge < -0.3 is 14.9 Å². The fourth-order valence-corrected chi connectivity index (χ4v) is 2.40. The molecule has 104 valence electrons. The Labute approximate surface area is 114 Å². The first-order valence-corrected chi connectivity index (χ1v) is 6.88. The monoisotopic (exact) mass is 261 g/mol. The van der Waals surface area contributed by atoms with Gasteiger partial charge in [0, 0.05) is 49.8 Å². The van der Waals surface area contributed by atoms with E-state index in [1.165, 1.54) is 5.69 Å². The summed E-state index contributed by atoms with van der Waals surface area (Å²) in [4.78, 5) is 8.32. The third-order valence-electron chi connectivity index (χ3n) is 3.56. The zero-order valence-corrected chi connectivity index (χ0v) is 11.7. The lowest BCUT2D eigenvalue weighted by Gasteiger charge is -2.20. The van der Waals surface area contributed by atoms with Gasteiger partial charge in [0.2, 0.25) is 0 Å². The van der Waals surface area contributed by atoms with Gasteiger partial charge in [-0.05, 0) is 12.3 Å². The van der Waals surface area contributed by atoms with Crippen molar-refractivity contribution in [1.82, 2.24) is 19.1 Å². The minimum absolute atomic E-state index is 0.385. The number of hydrogen-bond acceptors (Lipinski definition) is 3. The first kappa shape index (κ1) is 13.8. The molecule has 0 spiro atoms. The summed E-state index contributed by atoms with van der Waals surface area (Å²) < 4.78 is 4.33. The Morgan fingerprint density at radius 3 is 2.68 bits per heavy atom. The summed E-state index contributed by atoms with van der Waals surface area (Å²) >= 11 is 0. The molecule has 2 aromatic heterocycles. The van der Waals surface area contributed by atoms with E-state index >= 15 is 0 Å². The minimum atomic E-state index is 0.385. The smallest absolute Gasteiger partial charge is 0.0948 e. The fourth-order valence-electron chi connectivity index (χ4n) is 2.40. The Bertz CT molecular complexity index is 472. The second kappa shape index (κ2) is 6.52. The third-order valence-corrected chi connectivity index (χ3v) is 3.56. The van der Waals surface area contributed by atoms with E-state index in [0.29, 0.717) is 18.4 Å². The summed E-state index contributed by atoms with van der Waals surface area (Å²) in [6, 6.07) is 0. The average molecular weight is 261 g/mol. The zero-order chi connectivity index (χ0) is 13.7. The molecule has 0 amide bonds. The maximum atomic E-state index is 5.89. The lowest BCUT2D eigenvalue weighted by atomic mass is 9.93. The quantitative estimate of drug-likeness (QED) is 0.827. The summed E-state index contributed by atoms with van der Waals surface area (Å²) in [5.41, 5.74) is 7.14. The number of nitrogens with two attached hydrogens (primary N) is 1. The van der Waals surface area contributed by atoms with Crippen LogP contribution in [0.4, 0.5) is 0 Å². The molecule has 2 heterocycles. The molecule has 0 saturated carbocycles. The maximum absolute atomic E-state index is 5.89. The molecular formula is C14H23N5. The molecule has 2 N–H and O–H groups in total. The topological polar surface area (TPSA) is 61.7 Å². The molecule has 5 heteroatoms. The highest BCUT2D eigenvalue weighted by molar-refractivity contribution is 5.08. The van der Waals surface area contributed by atoms with E-state index in [1.807, 2.05) is 31.2 Å². The molecule has 0 radical (unpaired) electrons. The van der Waals surface area contributed by atoms with Gasteiger partial charge >= 0.3 is 0 Å². The summed E-state index contributed by atoms with van der Waals surface area (Å²) in [6.45, 7) is 7.04. The van der Waals surface area contributed by atoms with Crippen molar-refractivity contribution < 1.29 is 0 Å². The molecule has 1 unspecified atom stereocenters. The number of rotatable bonds is 7. The van der Waals surface area contributed by atoms with E-state index < -0.39 is 0 Å². The second-order valence-electron chi connectivity index (χ2n) is 5.25. The lowest BCUT2D eigenvalue weighted by molar-refractivity contribution is 0.461. The van der Waals surface area contributed by atoms with Crippen molar-refractivity contribution in [1.29, 1.82) is 0 Å². The molecule has 0 aromatic carbocycles. The molecule has 5 nitrogen and oxygen atoms in total. The summed E-state index contributed by atoms with van der Waals surface area (Å²) in [5, 5.41) is 0. The molecule has 1 atom stereocenters. The van der Waals surface area contributed by atoms with Crippen molar-refractivity contribution in [2.24, 2.45) is 11.7 Å². The largest absolute Gasteiger partial charge is 0.337 e. The van der Waals surface area contributed by atoms with Gasteiger partial charge in [0.25, 0.3) is 0 Å². The van der Waals surface area contributed by atoms with Crippen molar-refractivity contribution in [3.63, 3.8) is 0 Å². The Hall–Kier alpha value is -1.62. The first-order chi connectivity index (χ1) is 9.22. The molecule has 2 aromatic rings. The second-order valence-corrected chi connectivity index (χ2v) is 5.25. The highest BCUT2D eigenvalue weighted by Crippen LogP contribution is 2.23. The lowest BCUT2D eigenvalue weighted by Crippen LogP contribution is -2.21. The molecule has 0 saturated heterocycles. The van der Waals surface area contributed by atoms with Crippen LogP contribution in [-0.4, -0.2) is 25.6 Å². The summed E-state index contributed by atoms with van der Waals surface area (Å²) in [7, 11) is 0. The van der Waals surface area contributed by atoms with Crippen LogP contribution in [0.3, 0.4) is 0 Å². The Kier molecular flexibility index (Phi) is 4.74. The number of imidazole rings is 2. The van der Waals surface area contributed by atoms with Crippen LogP contribution in [0, 0.1) is 5.92 Å². The summed E-state index contributed by atoms with van der Waals surface area (Å²) in [6.07, 6.45) is 10.6. The van der Waals surface area contributed by atoms with E-state index in [4.69, 9.17) is 5.73 Å². The van der Waals surface area contributed by atoms with Gasteiger partial charge in [-0.15, -0.1) is 0 Å². The molecule has 19 heavy (non-hydrogen) atoms. The van der Waals surface area contributed by atoms with Crippen molar-refractivity contribution in [3.8, 4) is 0 Å². The normalized spacial score (nSPS) is 13.1. The van der Waals surface area contributed by atoms with Gasteiger partial charge in [-0.1, -0.05) is 13.8 Å². The van der Waals surface area contributed by atoms with Gasteiger partial charge in [-0.25, -0.2) is 9.97 Å². The van der Waals surface area contributed by atoms with Crippen LogP contribution < -0.4 is 5.73 Å². The number of aromatic nitrogens is 4. The summed E-state index contributed by atoms with van der Waals surface area (Å²) in [5.74, 6) is 0.921. The van der Waals surface area contributed by atoms with Crippen LogP contribution in [-0.2, 0) is 13.1 Å². The minimum Gasteiger partial charge on any atom is -0.337 e. The highest BCUT2D eigenvalue weighted by Gasteiger charge is 2.17. The molecule has 0 bridgehead atoms. The Morgan fingerprint density at radius 1 is 1.21 bits per heavy atom. The van der Waals surface area contributed by atoms with Crippen molar-refractivity contribution in [2.45, 2.75) is 39.3 Å². The number of nitrogens with zero attached hydrogens (tertiary/aromatic N) is 4. The third kappa shape index (κ3) is 3.44. The molecule has 0 aliphatic heterocycles. The van der Waals surface area contributed by atoms with Crippen LogP contribution >= 0.6 is 0 Å². The number of hydrogen-bond donors (Lipinski definition) is 1. The average Bonchev–Trinajstić information content (AvgIpc) is 3.02. The molecular weight excluding hydrogens is 238 g/mol. The molecule has 0 aliphatic carbocycles. The Balaban J connectivity index is 1.95. The van der Waals surface area contributed by atoms with E-state index in [2.05, 4.69) is 32.9 Å². The number of aryl methyl sites for hydroxylation is 2. The van der Waals surface area contributed by atoms with Crippen LogP contribution in [0.15, 0.2) is 31.2 Å². The van der Waals surface area contributed by atoms with Crippen LogP contribution in [0.1, 0.15) is 31.9 Å². The predicted octanol–water partition coefficient (Wildman–Crippen LogP) is 1.87. The zero-order valence-electron chi connectivity index (χ0n) is 11.7. The maximum Gasteiger partial charge on any atom is 0.0948 e. The van der Waals surface area contributed by atoms with Crippen molar-refractivity contribution in [2.75, 3.05) is 6.54 Å². The molecule has 0 fully saturated rings. The van der Waals surface area contributed by atoms with Gasteiger partial charge in [0.05, 0.1) is 12.7 Å². The van der Waals surface area contributed by atoms with Crippen molar-refractivity contribution >= 4 is 0 Å². The van der Waals surface area contributed by atoms with E-state index in [9.17, 15) is 0 Å². The van der Waals surface area contributed by atoms with Crippen LogP contribution in [0.5, 0.6) is 0 Å².